The van der Waals surface area contributed by atoms with Gasteiger partial charge in [0.15, 0.2) is 0 Å². The summed E-state index contributed by atoms with van der Waals surface area (Å²) < 4.78 is 5.48. The van der Waals surface area contributed by atoms with E-state index < -0.39 is 0 Å². The van der Waals surface area contributed by atoms with Crippen molar-refractivity contribution in [3.63, 3.8) is 0 Å². The third kappa shape index (κ3) is 1.90. The van der Waals surface area contributed by atoms with Crippen LogP contribution >= 0.6 is 0 Å². The third-order valence-corrected chi connectivity index (χ3v) is 2.40. The maximum absolute atomic E-state index is 5.48. The lowest BCUT2D eigenvalue weighted by Gasteiger charge is -2.02. The molecule has 1 heterocycles. The SMILES string of the molecule is CC[C@@H](C)c1cc(C(C)C)co1. The molecule has 0 saturated carbocycles. The zero-order valence-electron chi connectivity index (χ0n) is 8.42. The predicted molar refractivity (Wildman–Crippen MR) is 51.5 cm³/mol. The normalized spacial score (nSPS) is 13.8. The van der Waals surface area contributed by atoms with Crippen molar-refractivity contribution in [2.75, 3.05) is 0 Å². The molecule has 1 nitrogen and oxygen atoms in total. The Kier molecular flexibility index (Phi) is 2.96. The highest BCUT2D eigenvalue weighted by molar-refractivity contribution is 5.18. The third-order valence-electron chi connectivity index (χ3n) is 2.40. The Morgan fingerprint density at radius 2 is 2.00 bits per heavy atom. The highest BCUT2D eigenvalue weighted by Gasteiger charge is 2.09. The first-order valence-corrected chi connectivity index (χ1v) is 4.73. The van der Waals surface area contributed by atoms with E-state index in [0.29, 0.717) is 11.8 Å². The Morgan fingerprint density at radius 3 is 2.42 bits per heavy atom. The highest BCUT2D eigenvalue weighted by atomic mass is 16.3. The van der Waals surface area contributed by atoms with Crippen LogP contribution in [0.15, 0.2) is 16.7 Å². The van der Waals surface area contributed by atoms with Gasteiger partial charge in [-0.25, -0.2) is 0 Å². The standard InChI is InChI=1S/C11H18O/c1-5-9(4)11-6-10(7-12-11)8(2)3/h6-9H,5H2,1-4H3/t9-/m1/s1. The molecule has 0 unspecified atom stereocenters. The molecular formula is C11H18O. The minimum absolute atomic E-state index is 0.553. The van der Waals surface area contributed by atoms with E-state index in [9.17, 15) is 0 Å². The van der Waals surface area contributed by atoms with Crippen LogP contribution in [0.25, 0.3) is 0 Å². The molecule has 0 bridgehead atoms. The maximum Gasteiger partial charge on any atom is 0.106 e. The molecule has 68 valence electrons. The average molecular weight is 166 g/mol. The number of rotatable bonds is 3. The van der Waals surface area contributed by atoms with Gasteiger partial charge in [-0.15, -0.1) is 0 Å². The molecule has 12 heavy (non-hydrogen) atoms. The van der Waals surface area contributed by atoms with Crippen LogP contribution in [0.4, 0.5) is 0 Å². The fourth-order valence-electron chi connectivity index (χ4n) is 1.13. The summed E-state index contributed by atoms with van der Waals surface area (Å²) in [7, 11) is 0. The molecule has 1 heteroatoms. The van der Waals surface area contributed by atoms with Crippen molar-refractivity contribution in [3.8, 4) is 0 Å². The first-order chi connectivity index (χ1) is 5.65. The Morgan fingerprint density at radius 1 is 1.33 bits per heavy atom. The van der Waals surface area contributed by atoms with Crippen LogP contribution in [0.1, 0.15) is 57.3 Å². The zero-order valence-corrected chi connectivity index (χ0v) is 8.42. The van der Waals surface area contributed by atoms with Crippen molar-refractivity contribution in [2.45, 2.75) is 46.0 Å². The lowest BCUT2D eigenvalue weighted by Crippen LogP contribution is -1.87. The summed E-state index contributed by atoms with van der Waals surface area (Å²) in [6.45, 7) is 8.75. The van der Waals surface area contributed by atoms with Crippen molar-refractivity contribution in [3.05, 3.63) is 23.7 Å². The summed E-state index contributed by atoms with van der Waals surface area (Å²) >= 11 is 0. The second-order valence-corrected chi connectivity index (χ2v) is 3.75. The van der Waals surface area contributed by atoms with Gasteiger partial charge in [-0.2, -0.15) is 0 Å². The molecule has 0 spiro atoms. The highest BCUT2D eigenvalue weighted by Crippen LogP contribution is 2.24. The minimum atomic E-state index is 0.553. The predicted octanol–water partition coefficient (Wildman–Crippen LogP) is 3.92. The quantitative estimate of drug-likeness (QED) is 0.663. The number of hydrogen-bond acceptors (Lipinski definition) is 1. The minimum Gasteiger partial charge on any atom is -0.469 e. The van der Waals surface area contributed by atoms with E-state index in [1.165, 1.54) is 5.56 Å². The molecule has 0 aliphatic rings. The summed E-state index contributed by atoms with van der Waals surface area (Å²) in [6.07, 6.45) is 3.03. The smallest absolute Gasteiger partial charge is 0.106 e. The average Bonchev–Trinajstić information content (AvgIpc) is 2.51. The first-order valence-electron chi connectivity index (χ1n) is 4.73. The molecule has 0 amide bonds. The van der Waals surface area contributed by atoms with Crippen molar-refractivity contribution < 1.29 is 4.42 Å². The van der Waals surface area contributed by atoms with Gasteiger partial charge in [0, 0.05) is 5.92 Å². The van der Waals surface area contributed by atoms with Crippen LogP contribution in [0.2, 0.25) is 0 Å². The maximum atomic E-state index is 5.48. The molecule has 1 aromatic heterocycles. The fourth-order valence-corrected chi connectivity index (χ4v) is 1.13. The van der Waals surface area contributed by atoms with Gasteiger partial charge in [-0.05, 0) is 24.0 Å². The Labute approximate surface area is 74.8 Å². The van der Waals surface area contributed by atoms with E-state index in [1.54, 1.807) is 0 Å². The number of furan rings is 1. The van der Waals surface area contributed by atoms with Gasteiger partial charge in [0.05, 0.1) is 6.26 Å². The van der Waals surface area contributed by atoms with Gasteiger partial charge in [0.25, 0.3) is 0 Å². The van der Waals surface area contributed by atoms with Crippen molar-refractivity contribution in [1.82, 2.24) is 0 Å². The van der Waals surface area contributed by atoms with E-state index in [2.05, 4.69) is 33.8 Å². The van der Waals surface area contributed by atoms with E-state index >= 15 is 0 Å². The van der Waals surface area contributed by atoms with E-state index in [1.807, 2.05) is 6.26 Å². The van der Waals surface area contributed by atoms with Crippen molar-refractivity contribution >= 4 is 0 Å². The Bertz CT molecular complexity index is 235. The van der Waals surface area contributed by atoms with E-state index in [0.717, 1.165) is 12.2 Å². The molecule has 0 fully saturated rings. The zero-order chi connectivity index (χ0) is 9.14. The second-order valence-electron chi connectivity index (χ2n) is 3.75. The molecule has 1 atom stereocenters. The summed E-state index contributed by atoms with van der Waals surface area (Å²) in [6, 6.07) is 2.18. The van der Waals surface area contributed by atoms with Crippen LogP contribution in [0.5, 0.6) is 0 Å². The van der Waals surface area contributed by atoms with Crippen LogP contribution < -0.4 is 0 Å². The largest absolute Gasteiger partial charge is 0.469 e. The van der Waals surface area contributed by atoms with Gasteiger partial charge in [0.2, 0.25) is 0 Å². The first kappa shape index (κ1) is 9.37. The lowest BCUT2D eigenvalue weighted by atomic mass is 10.0. The van der Waals surface area contributed by atoms with Crippen molar-refractivity contribution in [1.29, 1.82) is 0 Å². The fraction of sp³-hybridized carbons (Fsp3) is 0.636. The summed E-state index contributed by atoms with van der Waals surface area (Å²) in [5, 5.41) is 0. The summed E-state index contributed by atoms with van der Waals surface area (Å²) in [5.74, 6) is 2.25. The van der Waals surface area contributed by atoms with Crippen LogP contribution in [0, 0.1) is 0 Å². The second kappa shape index (κ2) is 3.79. The summed E-state index contributed by atoms with van der Waals surface area (Å²) in [4.78, 5) is 0. The molecule has 0 radical (unpaired) electrons. The van der Waals surface area contributed by atoms with Crippen LogP contribution in [-0.2, 0) is 0 Å². The summed E-state index contributed by atoms with van der Waals surface area (Å²) in [5.41, 5.74) is 1.31. The van der Waals surface area contributed by atoms with Gasteiger partial charge < -0.3 is 4.42 Å². The molecule has 0 aliphatic heterocycles. The molecule has 1 rings (SSSR count). The molecule has 0 N–H and O–H groups in total. The van der Waals surface area contributed by atoms with Gasteiger partial charge in [-0.1, -0.05) is 27.7 Å². The Balaban J connectivity index is 2.77. The molecular weight excluding hydrogens is 148 g/mol. The Hall–Kier alpha value is -0.720. The van der Waals surface area contributed by atoms with Crippen LogP contribution in [0.3, 0.4) is 0 Å². The van der Waals surface area contributed by atoms with Gasteiger partial charge in [0.1, 0.15) is 5.76 Å². The monoisotopic (exact) mass is 166 g/mol. The molecule has 0 aliphatic carbocycles. The van der Waals surface area contributed by atoms with E-state index in [4.69, 9.17) is 4.42 Å². The van der Waals surface area contributed by atoms with Crippen LogP contribution in [-0.4, -0.2) is 0 Å². The lowest BCUT2D eigenvalue weighted by molar-refractivity contribution is 0.467. The number of hydrogen-bond donors (Lipinski definition) is 0. The molecule has 1 aromatic rings. The molecule has 0 aromatic carbocycles. The topological polar surface area (TPSA) is 13.1 Å². The van der Waals surface area contributed by atoms with E-state index in [-0.39, 0.29) is 0 Å². The van der Waals surface area contributed by atoms with Gasteiger partial charge >= 0.3 is 0 Å². The molecule has 0 saturated heterocycles. The van der Waals surface area contributed by atoms with Crippen molar-refractivity contribution in [2.24, 2.45) is 0 Å². The van der Waals surface area contributed by atoms with Gasteiger partial charge in [-0.3, -0.25) is 0 Å².